The number of carbonyl (C=O) groups excluding carboxylic acids is 1. The molecule has 2 N–H and O–H groups in total. The Morgan fingerprint density at radius 1 is 0.848 bits per heavy atom. The Kier molecular flexibility index (Phi) is 5.90. The van der Waals surface area contributed by atoms with Gasteiger partial charge in [0, 0.05) is 43.9 Å². The second-order valence-electron chi connectivity index (χ2n) is 7.77. The van der Waals surface area contributed by atoms with Gasteiger partial charge in [0.1, 0.15) is 6.04 Å². The molecule has 10 heteroatoms. The molecule has 1 amide bonds. The molecule has 0 radical (unpaired) electrons. The van der Waals surface area contributed by atoms with E-state index in [1.54, 1.807) is 24.3 Å². The Balaban J connectivity index is 1.69. The molecule has 0 saturated carbocycles. The predicted molar refractivity (Wildman–Crippen MR) is 123 cm³/mol. The zero-order valence-electron chi connectivity index (χ0n) is 17.5. The van der Waals surface area contributed by atoms with Crippen LogP contribution in [0.2, 0.25) is 0 Å². The van der Waals surface area contributed by atoms with Crippen molar-refractivity contribution in [3.05, 3.63) is 104 Å². The molecule has 0 aromatic heterocycles. The number of primary amides is 1. The number of fused-ring (bicyclic) bond motifs is 1. The number of nitro benzene ring substituents is 2. The van der Waals surface area contributed by atoms with Gasteiger partial charge >= 0.3 is 0 Å². The first-order valence-corrected chi connectivity index (χ1v) is 10.2. The summed E-state index contributed by atoms with van der Waals surface area (Å²) in [5.74, 6) is -0.529. The van der Waals surface area contributed by atoms with Crippen molar-refractivity contribution in [3.63, 3.8) is 0 Å². The lowest BCUT2D eigenvalue weighted by Gasteiger charge is -2.43. The minimum Gasteiger partial charge on any atom is -0.368 e. The normalized spacial score (nSPS) is 15.1. The van der Waals surface area contributed by atoms with E-state index in [-0.39, 0.29) is 24.5 Å². The van der Waals surface area contributed by atoms with Gasteiger partial charge in [0.2, 0.25) is 5.91 Å². The van der Waals surface area contributed by atoms with Crippen LogP contribution in [-0.4, -0.2) is 28.3 Å². The van der Waals surface area contributed by atoms with Crippen LogP contribution in [0, 0.1) is 20.2 Å². The fraction of sp³-hybridized carbons (Fsp3) is 0.174. The highest BCUT2D eigenvalue weighted by molar-refractivity contribution is 5.89. The number of anilines is 2. The third-order valence-corrected chi connectivity index (χ3v) is 5.60. The van der Waals surface area contributed by atoms with E-state index >= 15 is 0 Å². The maximum Gasteiger partial charge on any atom is 0.269 e. The van der Waals surface area contributed by atoms with Crippen LogP contribution in [-0.2, 0) is 17.9 Å². The fourth-order valence-corrected chi connectivity index (χ4v) is 4.09. The minimum absolute atomic E-state index is 0.00320. The molecule has 3 aromatic rings. The SMILES string of the molecule is NC(=O)[C@H]1CN(Cc2cccc([N+](=O)[O-])c2)c2ccccc2N1Cc1cccc([N+](=O)[O-])c1. The lowest BCUT2D eigenvalue weighted by molar-refractivity contribution is -0.385. The smallest absolute Gasteiger partial charge is 0.269 e. The molecule has 10 nitrogen and oxygen atoms in total. The van der Waals surface area contributed by atoms with Crippen LogP contribution >= 0.6 is 0 Å². The fourth-order valence-electron chi connectivity index (χ4n) is 4.09. The Morgan fingerprint density at radius 2 is 1.39 bits per heavy atom. The van der Waals surface area contributed by atoms with Gasteiger partial charge < -0.3 is 15.5 Å². The molecule has 0 spiro atoms. The summed E-state index contributed by atoms with van der Waals surface area (Å²) in [6.07, 6.45) is 0. The molecule has 4 rings (SSSR count). The predicted octanol–water partition coefficient (Wildman–Crippen LogP) is 3.38. The summed E-state index contributed by atoms with van der Waals surface area (Å²) in [5.41, 5.74) is 8.73. The minimum atomic E-state index is -0.696. The van der Waals surface area contributed by atoms with Gasteiger partial charge in [0.15, 0.2) is 0 Å². The number of hydrogen-bond acceptors (Lipinski definition) is 7. The molecule has 0 saturated heterocycles. The number of amides is 1. The van der Waals surface area contributed by atoms with Gasteiger partial charge in [-0.25, -0.2) is 0 Å². The van der Waals surface area contributed by atoms with Crippen LogP contribution in [0.15, 0.2) is 72.8 Å². The van der Waals surface area contributed by atoms with Gasteiger partial charge in [-0.15, -0.1) is 0 Å². The number of para-hydroxylation sites is 2. The molecular weight excluding hydrogens is 426 g/mol. The number of non-ortho nitro benzene ring substituents is 2. The van der Waals surface area contributed by atoms with Crippen molar-refractivity contribution in [2.24, 2.45) is 5.73 Å². The molecule has 0 unspecified atom stereocenters. The molecule has 1 aliphatic rings. The Morgan fingerprint density at radius 3 is 1.94 bits per heavy atom. The highest BCUT2D eigenvalue weighted by Gasteiger charge is 2.34. The monoisotopic (exact) mass is 447 g/mol. The van der Waals surface area contributed by atoms with Crippen LogP contribution < -0.4 is 15.5 Å². The van der Waals surface area contributed by atoms with E-state index in [0.29, 0.717) is 12.1 Å². The van der Waals surface area contributed by atoms with Crippen LogP contribution in [0.1, 0.15) is 11.1 Å². The van der Waals surface area contributed by atoms with Crippen molar-refractivity contribution >= 4 is 28.7 Å². The maximum atomic E-state index is 12.4. The summed E-state index contributed by atoms with van der Waals surface area (Å²) in [7, 11) is 0. The van der Waals surface area contributed by atoms with Crippen LogP contribution in [0.25, 0.3) is 0 Å². The second kappa shape index (κ2) is 8.95. The first-order valence-electron chi connectivity index (χ1n) is 10.2. The van der Waals surface area contributed by atoms with Gasteiger partial charge in [-0.05, 0) is 23.3 Å². The number of carbonyl (C=O) groups is 1. The van der Waals surface area contributed by atoms with E-state index in [0.717, 1.165) is 16.9 Å². The van der Waals surface area contributed by atoms with Crippen LogP contribution in [0.3, 0.4) is 0 Å². The third-order valence-electron chi connectivity index (χ3n) is 5.60. The first kappa shape index (κ1) is 21.8. The zero-order valence-corrected chi connectivity index (χ0v) is 17.5. The molecular formula is C23H21N5O5. The van der Waals surface area contributed by atoms with Crippen molar-refractivity contribution in [3.8, 4) is 0 Å². The molecule has 0 fully saturated rings. The van der Waals surface area contributed by atoms with Crippen molar-refractivity contribution in [1.29, 1.82) is 0 Å². The maximum absolute atomic E-state index is 12.4. The van der Waals surface area contributed by atoms with Crippen LogP contribution in [0.4, 0.5) is 22.7 Å². The largest absolute Gasteiger partial charge is 0.368 e. The van der Waals surface area contributed by atoms with E-state index in [1.165, 1.54) is 24.3 Å². The average molecular weight is 447 g/mol. The molecule has 1 heterocycles. The topological polar surface area (TPSA) is 136 Å². The molecule has 1 aliphatic heterocycles. The van der Waals surface area contributed by atoms with Gasteiger partial charge in [0.25, 0.3) is 11.4 Å². The summed E-state index contributed by atoms with van der Waals surface area (Å²) >= 11 is 0. The standard InChI is InChI=1S/C23H21N5O5/c24-23(29)22-15-25(13-16-5-3-7-18(11-16)27(30)31)20-9-1-2-10-21(20)26(22)14-17-6-4-8-19(12-17)28(32)33/h1-12,22H,13-15H2,(H2,24,29)/t22-/m1/s1. The zero-order chi connectivity index (χ0) is 23.5. The summed E-state index contributed by atoms with van der Waals surface area (Å²) in [6, 6.07) is 19.4. The number of nitrogens with two attached hydrogens (primary N) is 1. The highest BCUT2D eigenvalue weighted by Crippen LogP contribution is 2.37. The molecule has 168 valence electrons. The molecule has 0 aliphatic carbocycles. The van der Waals surface area contributed by atoms with Crippen molar-refractivity contribution in [2.45, 2.75) is 19.1 Å². The molecule has 0 bridgehead atoms. The first-order chi connectivity index (χ1) is 15.8. The summed E-state index contributed by atoms with van der Waals surface area (Å²) in [4.78, 5) is 37.7. The van der Waals surface area contributed by atoms with Crippen molar-refractivity contribution in [2.75, 3.05) is 16.3 Å². The Bertz CT molecular complexity index is 1230. The Labute approximate surface area is 189 Å². The van der Waals surface area contributed by atoms with Gasteiger partial charge in [-0.2, -0.15) is 0 Å². The van der Waals surface area contributed by atoms with Gasteiger partial charge in [-0.3, -0.25) is 25.0 Å². The van der Waals surface area contributed by atoms with E-state index in [2.05, 4.69) is 0 Å². The number of hydrogen-bond donors (Lipinski definition) is 1. The summed E-state index contributed by atoms with van der Waals surface area (Å²) in [5, 5.41) is 22.3. The number of rotatable bonds is 7. The summed E-state index contributed by atoms with van der Waals surface area (Å²) in [6.45, 7) is 0.883. The van der Waals surface area contributed by atoms with Gasteiger partial charge in [0.05, 0.1) is 21.2 Å². The quantitative estimate of drug-likeness (QED) is 0.433. The highest BCUT2D eigenvalue weighted by atomic mass is 16.6. The van der Waals surface area contributed by atoms with E-state index < -0.39 is 21.8 Å². The second-order valence-corrected chi connectivity index (χ2v) is 7.77. The van der Waals surface area contributed by atoms with Crippen LogP contribution in [0.5, 0.6) is 0 Å². The van der Waals surface area contributed by atoms with Crippen molar-refractivity contribution < 1.29 is 14.6 Å². The molecule has 33 heavy (non-hydrogen) atoms. The lowest BCUT2D eigenvalue weighted by atomic mass is 10.0. The molecule has 3 aromatic carbocycles. The molecule has 1 atom stereocenters. The number of nitrogens with zero attached hydrogens (tertiary/aromatic N) is 4. The van der Waals surface area contributed by atoms with Crippen molar-refractivity contribution in [1.82, 2.24) is 0 Å². The summed E-state index contributed by atoms with van der Waals surface area (Å²) < 4.78 is 0. The van der Waals surface area contributed by atoms with E-state index in [4.69, 9.17) is 5.73 Å². The van der Waals surface area contributed by atoms with E-state index in [9.17, 15) is 25.0 Å². The number of benzene rings is 3. The van der Waals surface area contributed by atoms with Gasteiger partial charge in [-0.1, -0.05) is 36.4 Å². The average Bonchev–Trinajstić information content (AvgIpc) is 2.80. The number of nitro groups is 2. The Hall–Kier alpha value is -4.47. The third kappa shape index (κ3) is 4.59. The van der Waals surface area contributed by atoms with E-state index in [1.807, 2.05) is 34.1 Å². The lowest BCUT2D eigenvalue weighted by Crippen LogP contribution is -2.54.